The van der Waals surface area contributed by atoms with Gasteiger partial charge in [0.05, 0.1) is 0 Å². The Hall–Kier alpha value is -1.13. The van der Waals surface area contributed by atoms with Gasteiger partial charge in [0.1, 0.15) is 0 Å². The number of benzene rings is 2. The van der Waals surface area contributed by atoms with Crippen molar-refractivity contribution in [3.05, 3.63) is 60.7 Å². The highest BCUT2D eigenvalue weighted by Gasteiger charge is 2.48. The second-order valence-corrected chi connectivity index (χ2v) is 10.2. The van der Waals surface area contributed by atoms with Crippen LogP contribution in [0.2, 0.25) is 5.04 Å². The van der Waals surface area contributed by atoms with Crippen LogP contribution in [-0.2, 0) is 0 Å². The molecule has 0 fully saturated rings. The molecule has 0 aromatic heterocycles. The predicted octanol–water partition coefficient (Wildman–Crippen LogP) is 2.95. The Labute approximate surface area is 128 Å². The van der Waals surface area contributed by atoms with Crippen LogP contribution < -0.4 is 15.5 Å². The molecule has 0 saturated heterocycles. The Morgan fingerprint density at radius 1 is 0.800 bits per heavy atom. The van der Waals surface area contributed by atoms with E-state index in [0.29, 0.717) is 0 Å². The number of nitrogens with one attached hydrogen (secondary N) is 1. The molecular formula is C16H22ClNOSi. The van der Waals surface area contributed by atoms with Crippen LogP contribution in [0.25, 0.3) is 0 Å². The first-order chi connectivity index (χ1) is 9.02. The zero-order chi connectivity index (χ0) is 13.9. The quantitative estimate of drug-likeness (QED) is 0.675. The van der Waals surface area contributed by atoms with E-state index in [0.717, 1.165) is 0 Å². The molecule has 2 aromatic carbocycles. The maximum Gasteiger partial charge on any atom is 0.222 e. The summed E-state index contributed by atoms with van der Waals surface area (Å²) in [6.07, 6.45) is 0. The van der Waals surface area contributed by atoms with Gasteiger partial charge in [-0.1, -0.05) is 81.4 Å². The minimum Gasteiger partial charge on any atom is -0.323 e. The van der Waals surface area contributed by atoms with Gasteiger partial charge < -0.3 is 5.21 Å². The molecule has 0 amide bonds. The summed E-state index contributed by atoms with van der Waals surface area (Å²) in [6, 6.07) is 20.6. The van der Waals surface area contributed by atoms with E-state index in [-0.39, 0.29) is 17.4 Å². The Morgan fingerprint density at radius 2 is 1.15 bits per heavy atom. The third-order valence-electron chi connectivity index (χ3n) is 3.71. The fourth-order valence-electron chi connectivity index (χ4n) is 2.71. The molecule has 0 radical (unpaired) electrons. The predicted molar refractivity (Wildman–Crippen MR) is 89.8 cm³/mol. The summed E-state index contributed by atoms with van der Waals surface area (Å²) in [7, 11) is -2.42. The average molecular weight is 308 g/mol. The normalized spacial score (nSPS) is 11.8. The highest BCUT2D eigenvalue weighted by Crippen LogP contribution is 2.33. The number of hydrogen-bond donors (Lipinski definition) is 2. The van der Waals surface area contributed by atoms with Gasteiger partial charge in [-0.3, -0.25) is 0 Å². The van der Waals surface area contributed by atoms with Crippen LogP contribution in [0.15, 0.2) is 60.7 Å². The molecule has 2 nitrogen and oxygen atoms in total. The summed E-state index contributed by atoms with van der Waals surface area (Å²) >= 11 is 0. The van der Waals surface area contributed by atoms with Gasteiger partial charge in [-0.15, -0.1) is 12.4 Å². The molecule has 0 saturated carbocycles. The van der Waals surface area contributed by atoms with Crippen molar-refractivity contribution in [1.29, 1.82) is 0 Å². The van der Waals surface area contributed by atoms with Gasteiger partial charge >= 0.3 is 0 Å². The van der Waals surface area contributed by atoms with Crippen molar-refractivity contribution in [2.75, 3.05) is 0 Å². The fraction of sp³-hybridized carbons (Fsp3) is 0.250. The van der Waals surface area contributed by atoms with Gasteiger partial charge in [0.25, 0.3) is 0 Å². The van der Waals surface area contributed by atoms with Gasteiger partial charge in [-0.05, 0) is 15.4 Å². The highest BCUT2D eigenvalue weighted by atomic mass is 35.5. The smallest absolute Gasteiger partial charge is 0.222 e. The molecule has 0 aliphatic rings. The molecule has 0 unspecified atom stereocenters. The maximum atomic E-state index is 10.0. The van der Waals surface area contributed by atoms with Gasteiger partial charge in [0.15, 0.2) is 0 Å². The second-order valence-electron chi connectivity index (χ2n) is 5.84. The van der Waals surface area contributed by atoms with Crippen LogP contribution in [-0.4, -0.2) is 13.4 Å². The molecule has 4 heteroatoms. The SMILES string of the molecule is CC(C)(C)[Si](NO)(c1ccccc1)c1ccccc1.Cl. The zero-order valence-electron chi connectivity index (χ0n) is 12.1. The van der Waals surface area contributed by atoms with Crippen molar-refractivity contribution in [1.82, 2.24) is 5.15 Å². The van der Waals surface area contributed by atoms with E-state index in [9.17, 15) is 5.21 Å². The second kappa shape index (κ2) is 6.55. The molecule has 108 valence electrons. The van der Waals surface area contributed by atoms with Crippen molar-refractivity contribution < 1.29 is 5.21 Å². The van der Waals surface area contributed by atoms with Crippen LogP contribution in [0.5, 0.6) is 0 Å². The van der Waals surface area contributed by atoms with E-state index in [2.05, 4.69) is 50.2 Å². The Bertz CT molecular complexity index is 486. The highest BCUT2D eigenvalue weighted by molar-refractivity contribution is 7.02. The number of halogens is 1. The van der Waals surface area contributed by atoms with E-state index < -0.39 is 8.24 Å². The lowest BCUT2D eigenvalue weighted by atomic mass is 10.2. The zero-order valence-corrected chi connectivity index (χ0v) is 13.9. The largest absolute Gasteiger partial charge is 0.323 e. The summed E-state index contributed by atoms with van der Waals surface area (Å²) in [5.41, 5.74) is 0. The van der Waals surface area contributed by atoms with E-state index in [1.807, 2.05) is 36.4 Å². The molecule has 20 heavy (non-hydrogen) atoms. The molecule has 2 aromatic rings. The van der Waals surface area contributed by atoms with E-state index >= 15 is 0 Å². The molecule has 2 rings (SSSR count). The lowest BCUT2D eigenvalue weighted by molar-refractivity contribution is 0.233. The van der Waals surface area contributed by atoms with Crippen molar-refractivity contribution in [3.8, 4) is 0 Å². The van der Waals surface area contributed by atoms with Crippen molar-refractivity contribution >= 4 is 31.0 Å². The minimum absolute atomic E-state index is 0. The van der Waals surface area contributed by atoms with Gasteiger partial charge in [-0.2, -0.15) is 0 Å². The average Bonchev–Trinajstić information content (AvgIpc) is 2.41. The third-order valence-corrected chi connectivity index (χ3v) is 8.69. The number of rotatable bonds is 3. The van der Waals surface area contributed by atoms with E-state index in [1.165, 1.54) is 10.4 Å². The molecule has 0 spiro atoms. The summed E-state index contributed by atoms with van der Waals surface area (Å²) < 4.78 is 0. The first-order valence-corrected chi connectivity index (χ1v) is 8.54. The van der Waals surface area contributed by atoms with Gasteiger partial charge in [-0.25, -0.2) is 5.15 Å². The van der Waals surface area contributed by atoms with Crippen molar-refractivity contribution in [2.24, 2.45) is 0 Å². The lowest BCUT2D eigenvalue weighted by Gasteiger charge is -2.42. The monoisotopic (exact) mass is 307 g/mol. The Morgan fingerprint density at radius 3 is 1.40 bits per heavy atom. The van der Waals surface area contributed by atoms with E-state index in [4.69, 9.17) is 0 Å². The maximum absolute atomic E-state index is 10.0. The van der Waals surface area contributed by atoms with Crippen molar-refractivity contribution in [2.45, 2.75) is 25.8 Å². The summed E-state index contributed by atoms with van der Waals surface area (Å²) in [6.45, 7) is 6.55. The van der Waals surface area contributed by atoms with Gasteiger partial charge in [0, 0.05) is 0 Å². The molecule has 0 aliphatic heterocycles. The fourth-order valence-corrected chi connectivity index (χ4v) is 6.75. The summed E-state index contributed by atoms with van der Waals surface area (Å²) in [5, 5.41) is 15.1. The topological polar surface area (TPSA) is 32.3 Å². The molecular weight excluding hydrogens is 286 g/mol. The molecule has 0 heterocycles. The van der Waals surface area contributed by atoms with E-state index in [1.54, 1.807) is 0 Å². The Balaban J connectivity index is 0.00000200. The van der Waals surface area contributed by atoms with Crippen LogP contribution >= 0.6 is 12.4 Å². The van der Waals surface area contributed by atoms with Crippen LogP contribution in [0.3, 0.4) is 0 Å². The summed E-state index contributed by atoms with van der Waals surface area (Å²) in [5.74, 6) is 0. The minimum atomic E-state index is -2.42. The van der Waals surface area contributed by atoms with Crippen LogP contribution in [0.4, 0.5) is 0 Å². The first kappa shape index (κ1) is 16.9. The molecule has 0 atom stereocenters. The lowest BCUT2D eigenvalue weighted by Crippen LogP contribution is -2.73. The standard InChI is InChI=1S/C16H21NOSi.ClH/c1-16(2,3)19(17-18,14-10-6-4-7-11-14)15-12-8-5-9-13-15;/h4-13,17-18H,1-3H3;1H. The van der Waals surface area contributed by atoms with Gasteiger partial charge in [0.2, 0.25) is 8.24 Å². The molecule has 0 bridgehead atoms. The van der Waals surface area contributed by atoms with Crippen molar-refractivity contribution in [3.63, 3.8) is 0 Å². The Kier molecular flexibility index (Phi) is 5.54. The number of hydrogen-bond acceptors (Lipinski definition) is 2. The molecule has 0 aliphatic carbocycles. The first-order valence-electron chi connectivity index (χ1n) is 6.54. The summed E-state index contributed by atoms with van der Waals surface area (Å²) in [4.78, 5) is 0. The third kappa shape index (κ3) is 2.81. The van der Waals surface area contributed by atoms with Crippen LogP contribution in [0, 0.1) is 0 Å². The van der Waals surface area contributed by atoms with Crippen LogP contribution in [0.1, 0.15) is 20.8 Å². The molecule has 2 N–H and O–H groups in total.